The third-order valence-electron chi connectivity index (χ3n) is 5.96. The van der Waals surface area contributed by atoms with E-state index in [2.05, 4.69) is 87.3 Å². The zero-order chi connectivity index (χ0) is 22.1. The van der Waals surface area contributed by atoms with Gasteiger partial charge in [0.2, 0.25) is 0 Å². The molecular weight excluding hydrogens is 414 g/mol. The summed E-state index contributed by atoms with van der Waals surface area (Å²) in [5.74, 6) is 0.480. The van der Waals surface area contributed by atoms with Crippen LogP contribution < -0.4 is 10.2 Å². The number of hydrogen-bond donors (Lipinski definition) is 1. The molecule has 2 atom stereocenters. The molecule has 1 fully saturated rings. The third kappa shape index (κ3) is 3.67. The van der Waals surface area contributed by atoms with Crippen LogP contribution in [0.15, 0.2) is 91.5 Å². The molecule has 4 heterocycles. The monoisotopic (exact) mass is 439 g/mol. The van der Waals surface area contributed by atoms with Gasteiger partial charge in [0, 0.05) is 41.9 Å². The van der Waals surface area contributed by atoms with Gasteiger partial charge in [-0.3, -0.25) is 9.97 Å². The number of nitrogens with one attached hydrogen (secondary N) is 1. The predicted molar refractivity (Wildman–Crippen MR) is 132 cm³/mol. The van der Waals surface area contributed by atoms with Crippen LogP contribution in [0.1, 0.15) is 48.8 Å². The summed E-state index contributed by atoms with van der Waals surface area (Å²) >= 11 is 5.86. The molecule has 2 unspecified atom stereocenters. The SMILES string of the molecule is CC(C)c1ccc(N2C(=S)NC(c3ccccn3)C2c2cccn2-c2ccncc2)cc1. The Hall–Kier alpha value is -3.51. The number of aromatic nitrogens is 3. The van der Waals surface area contributed by atoms with Crippen molar-refractivity contribution in [2.75, 3.05) is 4.90 Å². The molecule has 5 rings (SSSR count). The van der Waals surface area contributed by atoms with Crippen molar-refractivity contribution in [3.05, 3.63) is 108 Å². The lowest BCUT2D eigenvalue weighted by Crippen LogP contribution is -2.30. The Bertz CT molecular complexity index is 1200. The fourth-order valence-corrected chi connectivity index (χ4v) is 4.67. The summed E-state index contributed by atoms with van der Waals surface area (Å²) in [5.41, 5.74) is 5.53. The molecule has 0 bridgehead atoms. The zero-order valence-corrected chi connectivity index (χ0v) is 18.9. The molecule has 160 valence electrons. The Morgan fingerprint density at radius 3 is 2.34 bits per heavy atom. The van der Waals surface area contributed by atoms with E-state index in [0.717, 1.165) is 22.8 Å². The van der Waals surface area contributed by atoms with Crippen LogP contribution in [-0.4, -0.2) is 19.6 Å². The van der Waals surface area contributed by atoms with Gasteiger partial charge in [-0.2, -0.15) is 0 Å². The average molecular weight is 440 g/mol. The van der Waals surface area contributed by atoms with Gasteiger partial charge in [0.05, 0.1) is 11.7 Å². The maximum Gasteiger partial charge on any atom is 0.174 e. The second-order valence-corrected chi connectivity index (χ2v) is 8.64. The highest BCUT2D eigenvalue weighted by Crippen LogP contribution is 2.42. The number of pyridine rings is 2. The van der Waals surface area contributed by atoms with Gasteiger partial charge in [0.25, 0.3) is 0 Å². The molecule has 1 saturated heterocycles. The highest BCUT2D eigenvalue weighted by Gasteiger charge is 2.42. The van der Waals surface area contributed by atoms with Gasteiger partial charge in [0.15, 0.2) is 5.11 Å². The largest absolute Gasteiger partial charge is 0.351 e. The maximum absolute atomic E-state index is 5.86. The van der Waals surface area contributed by atoms with Gasteiger partial charge in [-0.15, -0.1) is 0 Å². The Labute approximate surface area is 193 Å². The Kier molecular flexibility index (Phi) is 5.45. The molecule has 4 aromatic rings. The van der Waals surface area contributed by atoms with Crippen LogP contribution >= 0.6 is 12.2 Å². The quantitative estimate of drug-likeness (QED) is 0.412. The van der Waals surface area contributed by atoms with E-state index in [1.54, 1.807) is 0 Å². The van der Waals surface area contributed by atoms with Crippen molar-refractivity contribution >= 4 is 23.0 Å². The van der Waals surface area contributed by atoms with Gasteiger partial charge in [-0.1, -0.05) is 32.0 Å². The Morgan fingerprint density at radius 2 is 1.66 bits per heavy atom. The Balaban J connectivity index is 1.64. The van der Waals surface area contributed by atoms with Crippen LogP contribution in [-0.2, 0) is 0 Å². The van der Waals surface area contributed by atoms with Crippen LogP contribution in [0.3, 0.4) is 0 Å². The van der Waals surface area contributed by atoms with Crippen molar-refractivity contribution in [2.45, 2.75) is 31.8 Å². The third-order valence-corrected chi connectivity index (χ3v) is 6.27. The van der Waals surface area contributed by atoms with Crippen molar-refractivity contribution in [2.24, 2.45) is 0 Å². The summed E-state index contributed by atoms with van der Waals surface area (Å²) in [6.07, 6.45) is 7.55. The van der Waals surface area contributed by atoms with Crippen LogP contribution in [0.4, 0.5) is 5.69 Å². The summed E-state index contributed by atoms with van der Waals surface area (Å²) in [5, 5.41) is 4.24. The normalized spacial score (nSPS) is 18.2. The van der Waals surface area contributed by atoms with Crippen molar-refractivity contribution in [1.82, 2.24) is 19.9 Å². The number of anilines is 1. The first kappa shape index (κ1) is 20.4. The molecule has 0 saturated carbocycles. The fraction of sp³-hybridized carbons (Fsp3) is 0.192. The molecule has 0 aliphatic carbocycles. The van der Waals surface area contributed by atoms with Gasteiger partial charge in [0.1, 0.15) is 6.04 Å². The number of hydrogen-bond acceptors (Lipinski definition) is 3. The second-order valence-electron chi connectivity index (χ2n) is 8.25. The van der Waals surface area contributed by atoms with Crippen LogP contribution in [0, 0.1) is 0 Å². The average Bonchev–Trinajstić information content (AvgIpc) is 3.44. The molecule has 1 N–H and O–H groups in total. The number of thiocarbonyl (C=S) groups is 1. The first-order chi connectivity index (χ1) is 15.6. The lowest BCUT2D eigenvalue weighted by atomic mass is 9.99. The maximum atomic E-state index is 5.86. The van der Waals surface area contributed by atoms with Gasteiger partial charge in [-0.25, -0.2) is 0 Å². The summed E-state index contributed by atoms with van der Waals surface area (Å²) in [4.78, 5) is 11.0. The van der Waals surface area contributed by atoms with E-state index < -0.39 is 0 Å². The number of nitrogens with zero attached hydrogens (tertiary/aromatic N) is 4. The number of benzene rings is 1. The lowest BCUT2D eigenvalue weighted by molar-refractivity contribution is 0.549. The van der Waals surface area contributed by atoms with Crippen molar-refractivity contribution in [1.29, 1.82) is 0 Å². The van der Waals surface area contributed by atoms with E-state index in [-0.39, 0.29) is 12.1 Å². The van der Waals surface area contributed by atoms with E-state index in [4.69, 9.17) is 12.2 Å². The molecule has 1 aromatic carbocycles. The van der Waals surface area contributed by atoms with Gasteiger partial charge < -0.3 is 14.8 Å². The van der Waals surface area contributed by atoms with E-state index in [1.165, 1.54) is 5.56 Å². The molecule has 5 nitrogen and oxygen atoms in total. The first-order valence-corrected chi connectivity index (χ1v) is 11.2. The fourth-order valence-electron chi connectivity index (χ4n) is 4.33. The van der Waals surface area contributed by atoms with E-state index in [0.29, 0.717) is 11.0 Å². The van der Waals surface area contributed by atoms with Crippen LogP contribution in [0.25, 0.3) is 5.69 Å². The lowest BCUT2D eigenvalue weighted by Gasteiger charge is -2.29. The van der Waals surface area contributed by atoms with Crippen LogP contribution in [0.2, 0.25) is 0 Å². The zero-order valence-electron chi connectivity index (χ0n) is 18.1. The number of rotatable bonds is 5. The van der Waals surface area contributed by atoms with E-state index >= 15 is 0 Å². The van der Waals surface area contributed by atoms with Crippen molar-refractivity contribution in [3.8, 4) is 5.69 Å². The standard InChI is InChI=1S/C26H25N5S/c1-18(2)19-8-10-21(11-9-19)31-25(24(29-26(31)32)22-6-3-4-14-28-22)23-7-5-17-30(23)20-12-15-27-16-13-20/h3-18,24-25H,1-2H3,(H,29,32). The van der Waals surface area contributed by atoms with E-state index in [9.17, 15) is 0 Å². The molecule has 0 amide bonds. The molecule has 1 aliphatic rings. The minimum Gasteiger partial charge on any atom is -0.351 e. The Morgan fingerprint density at radius 1 is 0.875 bits per heavy atom. The topological polar surface area (TPSA) is 46.0 Å². The summed E-state index contributed by atoms with van der Waals surface area (Å²) in [6.45, 7) is 4.41. The molecule has 1 aliphatic heterocycles. The summed E-state index contributed by atoms with van der Waals surface area (Å²) < 4.78 is 2.20. The molecule has 0 radical (unpaired) electrons. The van der Waals surface area contributed by atoms with Gasteiger partial charge in [-0.05, 0) is 72.2 Å². The summed E-state index contributed by atoms with van der Waals surface area (Å²) in [6, 6.07) is 22.8. The minimum absolute atomic E-state index is 0.0644. The highest BCUT2D eigenvalue weighted by molar-refractivity contribution is 7.80. The molecular formula is C26H25N5S. The highest BCUT2D eigenvalue weighted by atomic mass is 32.1. The minimum atomic E-state index is -0.0797. The predicted octanol–water partition coefficient (Wildman–Crippen LogP) is 5.57. The molecule has 0 spiro atoms. The first-order valence-electron chi connectivity index (χ1n) is 10.8. The van der Waals surface area contributed by atoms with E-state index in [1.807, 2.05) is 42.9 Å². The smallest absolute Gasteiger partial charge is 0.174 e. The molecule has 32 heavy (non-hydrogen) atoms. The van der Waals surface area contributed by atoms with Crippen molar-refractivity contribution < 1.29 is 0 Å². The van der Waals surface area contributed by atoms with Gasteiger partial charge >= 0.3 is 0 Å². The molecule has 3 aromatic heterocycles. The van der Waals surface area contributed by atoms with Crippen LogP contribution in [0.5, 0.6) is 0 Å². The van der Waals surface area contributed by atoms with Crippen molar-refractivity contribution in [3.63, 3.8) is 0 Å². The second kappa shape index (κ2) is 8.55. The summed E-state index contributed by atoms with van der Waals surface area (Å²) in [7, 11) is 0. The molecule has 6 heteroatoms.